The van der Waals surface area contributed by atoms with Crippen molar-refractivity contribution in [2.45, 2.75) is 6.54 Å². The second kappa shape index (κ2) is 7.06. The molecule has 0 radical (unpaired) electrons. The third kappa shape index (κ3) is 3.85. The number of aromatic nitrogens is 3. The summed E-state index contributed by atoms with van der Waals surface area (Å²) in [6, 6.07) is 15.9. The minimum atomic E-state index is -0.581. The highest BCUT2D eigenvalue weighted by Gasteiger charge is 2.09. The van der Waals surface area contributed by atoms with Crippen molar-refractivity contribution in [3.8, 4) is 11.3 Å². The lowest BCUT2D eigenvalue weighted by atomic mass is 10.2. The number of amides is 1. The van der Waals surface area contributed by atoms with Crippen LogP contribution in [0.5, 0.6) is 0 Å². The van der Waals surface area contributed by atoms with Gasteiger partial charge in [0.2, 0.25) is 5.91 Å². The molecule has 0 atom stereocenters. The molecule has 6 nitrogen and oxygen atoms in total. The highest BCUT2D eigenvalue weighted by molar-refractivity contribution is 6.30. The summed E-state index contributed by atoms with van der Waals surface area (Å²) >= 11 is 5.79. The molecule has 3 aromatic rings. The van der Waals surface area contributed by atoms with Gasteiger partial charge in [0.05, 0.1) is 11.9 Å². The molecule has 1 amide bonds. The SMILES string of the molecule is O=C(Cn1ncc(-c2ccccc2)nc1=O)Nc1ccc(Cl)cc1. The molecule has 0 saturated carbocycles. The van der Waals surface area contributed by atoms with E-state index in [-0.39, 0.29) is 12.5 Å². The molecule has 0 bridgehead atoms. The van der Waals surface area contributed by atoms with E-state index in [0.29, 0.717) is 16.4 Å². The quantitative estimate of drug-likeness (QED) is 0.792. The number of halogens is 1. The van der Waals surface area contributed by atoms with Crippen LogP contribution in [0.25, 0.3) is 11.3 Å². The molecule has 0 aliphatic heterocycles. The van der Waals surface area contributed by atoms with Gasteiger partial charge in [0.15, 0.2) is 0 Å². The zero-order valence-corrected chi connectivity index (χ0v) is 13.3. The molecule has 24 heavy (non-hydrogen) atoms. The predicted octanol–water partition coefficient (Wildman–Crippen LogP) is 2.60. The average molecular weight is 341 g/mol. The Morgan fingerprint density at radius 2 is 1.79 bits per heavy atom. The maximum absolute atomic E-state index is 12.0. The van der Waals surface area contributed by atoms with Crippen LogP contribution in [0.2, 0.25) is 5.02 Å². The van der Waals surface area contributed by atoms with Crippen LogP contribution in [0.4, 0.5) is 5.69 Å². The van der Waals surface area contributed by atoms with Crippen LogP contribution in [0.15, 0.2) is 65.6 Å². The standard InChI is InChI=1S/C17H13ClN4O2/c18-13-6-8-14(9-7-13)20-16(23)11-22-17(24)21-15(10-19-22)12-4-2-1-3-5-12/h1-10H,11H2,(H,20,23). The van der Waals surface area contributed by atoms with E-state index >= 15 is 0 Å². The Balaban J connectivity index is 1.72. The lowest BCUT2D eigenvalue weighted by Gasteiger charge is -2.07. The molecular weight excluding hydrogens is 328 g/mol. The Morgan fingerprint density at radius 3 is 2.46 bits per heavy atom. The molecule has 0 aliphatic carbocycles. The van der Waals surface area contributed by atoms with Crippen LogP contribution in [-0.2, 0) is 11.3 Å². The largest absolute Gasteiger partial charge is 0.365 e. The summed E-state index contributed by atoms with van der Waals surface area (Å²) in [7, 11) is 0. The molecule has 120 valence electrons. The number of hydrogen-bond donors (Lipinski definition) is 1. The van der Waals surface area contributed by atoms with Crippen molar-refractivity contribution < 1.29 is 4.79 Å². The molecular formula is C17H13ClN4O2. The molecule has 1 N–H and O–H groups in total. The van der Waals surface area contributed by atoms with E-state index in [1.54, 1.807) is 24.3 Å². The van der Waals surface area contributed by atoms with Gasteiger partial charge in [-0.15, -0.1) is 0 Å². The van der Waals surface area contributed by atoms with Gasteiger partial charge in [-0.2, -0.15) is 10.1 Å². The lowest BCUT2D eigenvalue weighted by molar-refractivity contribution is -0.117. The Kier molecular flexibility index (Phi) is 4.67. The van der Waals surface area contributed by atoms with Crippen LogP contribution >= 0.6 is 11.6 Å². The van der Waals surface area contributed by atoms with Gasteiger partial charge in [-0.1, -0.05) is 41.9 Å². The van der Waals surface area contributed by atoms with E-state index in [9.17, 15) is 9.59 Å². The van der Waals surface area contributed by atoms with Crippen molar-refractivity contribution in [1.29, 1.82) is 0 Å². The fourth-order valence-electron chi connectivity index (χ4n) is 2.09. The van der Waals surface area contributed by atoms with Crippen LogP contribution in [0.1, 0.15) is 0 Å². The van der Waals surface area contributed by atoms with Gasteiger partial charge in [-0.05, 0) is 24.3 Å². The van der Waals surface area contributed by atoms with Crippen LogP contribution in [0, 0.1) is 0 Å². The molecule has 0 unspecified atom stereocenters. The first-order valence-electron chi connectivity index (χ1n) is 7.17. The monoisotopic (exact) mass is 340 g/mol. The Labute approximate surface area is 142 Å². The lowest BCUT2D eigenvalue weighted by Crippen LogP contribution is -2.31. The van der Waals surface area contributed by atoms with Crippen molar-refractivity contribution in [2.75, 3.05) is 5.32 Å². The van der Waals surface area contributed by atoms with Crippen molar-refractivity contribution in [3.05, 3.63) is 76.3 Å². The Bertz CT molecular complexity index is 908. The summed E-state index contributed by atoms with van der Waals surface area (Å²) in [5, 5.41) is 7.25. The van der Waals surface area contributed by atoms with Crippen LogP contribution < -0.4 is 11.0 Å². The van der Waals surface area contributed by atoms with Crippen LogP contribution in [0.3, 0.4) is 0 Å². The Hall–Kier alpha value is -2.99. The minimum absolute atomic E-state index is 0.219. The second-order valence-corrected chi connectivity index (χ2v) is 5.44. The number of nitrogens with zero attached hydrogens (tertiary/aromatic N) is 3. The van der Waals surface area contributed by atoms with Crippen molar-refractivity contribution >= 4 is 23.2 Å². The topological polar surface area (TPSA) is 76.9 Å². The third-order valence-electron chi connectivity index (χ3n) is 3.25. The van der Waals surface area contributed by atoms with Crippen molar-refractivity contribution in [3.63, 3.8) is 0 Å². The van der Waals surface area contributed by atoms with Gasteiger partial charge < -0.3 is 5.32 Å². The number of benzene rings is 2. The van der Waals surface area contributed by atoms with E-state index in [4.69, 9.17) is 11.6 Å². The molecule has 7 heteroatoms. The summed E-state index contributed by atoms with van der Waals surface area (Å²) < 4.78 is 1.01. The highest BCUT2D eigenvalue weighted by atomic mass is 35.5. The van der Waals surface area contributed by atoms with Gasteiger partial charge in [0.25, 0.3) is 0 Å². The molecule has 0 fully saturated rings. The van der Waals surface area contributed by atoms with Gasteiger partial charge in [0.1, 0.15) is 6.54 Å². The fraction of sp³-hybridized carbons (Fsp3) is 0.0588. The zero-order valence-electron chi connectivity index (χ0n) is 12.5. The van der Waals surface area contributed by atoms with Gasteiger partial charge in [-0.25, -0.2) is 9.48 Å². The third-order valence-corrected chi connectivity index (χ3v) is 3.50. The van der Waals surface area contributed by atoms with E-state index in [1.807, 2.05) is 30.3 Å². The fourth-order valence-corrected chi connectivity index (χ4v) is 2.22. The molecule has 1 heterocycles. The van der Waals surface area contributed by atoms with E-state index in [2.05, 4.69) is 15.4 Å². The summed E-state index contributed by atoms with van der Waals surface area (Å²) in [6.45, 7) is -0.219. The maximum atomic E-state index is 12.0. The van der Waals surface area contributed by atoms with E-state index in [1.165, 1.54) is 6.20 Å². The molecule has 2 aromatic carbocycles. The molecule has 0 aliphatic rings. The summed E-state index contributed by atoms with van der Waals surface area (Å²) in [5.41, 5.74) is 1.27. The number of carbonyl (C=O) groups is 1. The first-order valence-corrected chi connectivity index (χ1v) is 7.54. The zero-order chi connectivity index (χ0) is 16.9. The number of rotatable bonds is 4. The second-order valence-electron chi connectivity index (χ2n) is 5.00. The van der Waals surface area contributed by atoms with Crippen molar-refractivity contribution in [2.24, 2.45) is 0 Å². The summed E-state index contributed by atoms with van der Waals surface area (Å²) in [5.74, 6) is -0.374. The van der Waals surface area contributed by atoms with Crippen LogP contribution in [-0.4, -0.2) is 20.7 Å². The van der Waals surface area contributed by atoms with Gasteiger partial charge >= 0.3 is 5.69 Å². The number of nitrogens with one attached hydrogen (secondary N) is 1. The first kappa shape index (κ1) is 15.9. The predicted molar refractivity (Wildman–Crippen MR) is 91.8 cm³/mol. The van der Waals surface area contributed by atoms with E-state index < -0.39 is 5.69 Å². The first-order chi connectivity index (χ1) is 11.6. The minimum Gasteiger partial charge on any atom is -0.324 e. The average Bonchev–Trinajstić information content (AvgIpc) is 2.59. The number of anilines is 1. The van der Waals surface area contributed by atoms with E-state index in [0.717, 1.165) is 10.2 Å². The number of carbonyl (C=O) groups excluding carboxylic acids is 1. The van der Waals surface area contributed by atoms with Gasteiger partial charge in [-0.3, -0.25) is 4.79 Å². The maximum Gasteiger partial charge on any atom is 0.365 e. The van der Waals surface area contributed by atoms with Gasteiger partial charge in [0, 0.05) is 16.3 Å². The molecule has 3 rings (SSSR count). The summed E-state index contributed by atoms with van der Waals surface area (Å²) in [6.07, 6.45) is 1.46. The molecule has 1 aromatic heterocycles. The smallest absolute Gasteiger partial charge is 0.324 e. The normalized spacial score (nSPS) is 10.4. The number of hydrogen-bond acceptors (Lipinski definition) is 4. The Morgan fingerprint density at radius 1 is 1.08 bits per heavy atom. The highest BCUT2D eigenvalue weighted by Crippen LogP contribution is 2.14. The molecule has 0 spiro atoms. The molecule has 0 saturated heterocycles. The van der Waals surface area contributed by atoms with Crippen molar-refractivity contribution in [1.82, 2.24) is 14.8 Å². The summed E-state index contributed by atoms with van der Waals surface area (Å²) in [4.78, 5) is 28.0.